The Morgan fingerprint density at radius 1 is 1.24 bits per heavy atom. The third-order valence-electron chi connectivity index (χ3n) is 7.48. The lowest BCUT2D eigenvalue weighted by molar-refractivity contribution is -0.125. The summed E-state index contributed by atoms with van der Waals surface area (Å²) in [4.78, 5) is 21.6. The molecule has 1 aromatic heterocycles. The summed E-state index contributed by atoms with van der Waals surface area (Å²) in [5.41, 5.74) is 0.312. The van der Waals surface area contributed by atoms with Crippen molar-refractivity contribution in [2.24, 2.45) is 16.3 Å². The van der Waals surface area contributed by atoms with Gasteiger partial charge in [0.15, 0.2) is 11.7 Å². The molecule has 1 aromatic rings. The van der Waals surface area contributed by atoms with Gasteiger partial charge < -0.3 is 24.3 Å². The zero-order valence-corrected chi connectivity index (χ0v) is 17.3. The summed E-state index contributed by atoms with van der Waals surface area (Å²) in [6.45, 7) is 6.72. The maximum Gasteiger partial charge on any atom is 0.289 e. The Bertz CT molecular complexity index is 748. The minimum atomic E-state index is -0.0218. The van der Waals surface area contributed by atoms with Crippen molar-refractivity contribution < 1.29 is 13.9 Å². The molecule has 3 unspecified atom stereocenters. The van der Waals surface area contributed by atoms with E-state index < -0.39 is 0 Å². The number of carbonyl (C=O) groups is 1. The van der Waals surface area contributed by atoms with E-state index in [-0.39, 0.29) is 5.91 Å². The third kappa shape index (κ3) is 3.14. The molecule has 3 atom stereocenters. The largest absolute Gasteiger partial charge is 0.459 e. The normalized spacial score (nSPS) is 31.1. The number of furan rings is 1. The maximum absolute atomic E-state index is 12.5. The highest BCUT2D eigenvalue weighted by Gasteiger charge is 2.65. The summed E-state index contributed by atoms with van der Waals surface area (Å²) in [5.74, 6) is 2.03. The number of hydrogen-bond acceptors (Lipinski definition) is 4. The average Bonchev–Trinajstić information content (AvgIpc) is 3.51. The first-order valence-electron chi connectivity index (χ1n) is 11.2. The van der Waals surface area contributed by atoms with Crippen LogP contribution in [0.15, 0.2) is 27.8 Å². The summed E-state index contributed by atoms with van der Waals surface area (Å²) >= 11 is 0. The monoisotopic (exact) mass is 400 g/mol. The number of amides is 1. The lowest BCUT2D eigenvalue weighted by Gasteiger charge is -2.57. The van der Waals surface area contributed by atoms with E-state index in [2.05, 4.69) is 17.1 Å². The number of piperazine rings is 1. The van der Waals surface area contributed by atoms with E-state index in [0.29, 0.717) is 42.3 Å². The van der Waals surface area contributed by atoms with Crippen LogP contribution in [-0.2, 0) is 4.74 Å². The van der Waals surface area contributed by atoms with E-state index >= 15 is 0 Å². The predicted molar refractivity (Wildman–Crippen MR) is 110 cm³/mol. The molecule has 4 aliphatic rings. The minimum absolute atomic E-state index is 0.0218. The van der Waals surface area contributed by atoms with Gasteiger partial charge in [0.05, 0.1) is 12.4 Å². The van der Waals surface area contributed by atoms with Crippen LogP contribution in [0.5, 0.6) is 0 Å². The lowest BCUT2D eigenvalue weighted by Crippen LogP contribution is -2.70. The number of rotatable bonds is 3. The number of ether oxygens (including phenoxy) is 1. The Hall–Kier alpha value is -2.02. The van der Waals surface area contributed by atoms with E-state index in [1.807, 2.05) is 4.90 Å². The van der Waals surface area contributed by atoms with Gasteiger partial charge in [-0.3, -0.25) is 9.79 Å². The zero-order valence-electron chi connectivity index (χ0n) is 17.3. The van der Waals surface area contributed by atoms with Crippen molar-refractivity contribution in [2.75, 3.05) is 39.3 Å². The van der Waals surface area contributed by atoms with Gasteiger partial charge in [0.1, 0.15) is 0 Å². The molecule has 7 nitrogen and oxygen atoms in total. The number of carbonyl (C=O) groups excluding carboxylic acids is 1. The molecule has 1 amide bonds. The number of guanidine groups is 1. The van der Waals surface area contributed by atoms with Gasteiger partial charge in [-0.25, -0.2) is 0 Å². The lowest BCUT2D eigenvalue weighted by atomic mass is 9.54. The Morgan fingerprint density at radius 2 is 2.00 bits per heavy atom. The van der Waals surface area contributed by atoms with Crippen molar-refractivity contribution in [3.63, 3.8) is 0 Å². The van der Waals surface area contributed by atoms with Crippen LogP contribution < -0.4 is 5.32 Å². The highest BCUT2D eigenvalue weighted by molar-refractivity contribution is 5.91. The first kappa shape index (κ1) is 19.0. The number of fused-ring (bicyclic) bond motifs is 2. The molecule has 2 aliphatic carbocycles. The molecule has 5 rings (SSSR count). The van der Waals surface area contributed by atoms with Gasteiger partial charge in [0.2, 0.25) is 0 Å². The van der Waals surface area contributed by atoms with Crippen LogP contribution in [0.3, 0.4) is 0 Å². The molecule has 7 heteroatoms. The first-order valence-corrected chi connectivity index (χ1v) is 11.2. The molecule has 0 aromatic carbocycles. The second kappa shape index (κ2) is 7.67. The molecular weight excluding hydrogens is 368 g/mol. The fourth-order valence-corrected chi connectivity index (χ4v) is 6.11. The molecule has 2 saturated carbocycles. The van der Waals surface area contributed by atoms with Crippen LogP contribution in [0, 0.1) is 11.3 Å². The second-order valence-corrected chi connectivity index (χ2v) is 8.86. The van der Waals surface area contributed by atoms with E-state index in [1.165, 1.54) is 25.7 Å². The first-order chi connectivity index (χ1) is 14.2. The molecule has 1 spiro atoms. The van der Waals surface area contributed by atoms with Crippen LogP contribution in [0.4, 0.5) is 0 Å². The summed E-state index contributed by atoms with van der Waals surface area (Å²) in [7, 11) is 0. The fraction of sp³-hybridized carbons (Fsp3) is 0.727. The highest BCUT2D eigenvalue weighted by atomic mass is 16.5. The topological polar surface area (TPSA) is 70.3 Å². The van der Waals surface area contributed by atoms with Crippen molar-refractivity contribution in [3.8, 4) is 0 Å². The molecule has 0 bridgehead atoms. The summed E-state index contributed by atoms with van der Waals surface area (Å²) in [5, 5.41) is 3.87. The molecule has 158 valence electrons. The standard InChI is InChI=1S/C22H32N4O3/c1-2-23-21(24-18-16-7-15-29-19(16)22(18)8-3-4-9-22)26-12-10-25(11-13-26)20(27)17-6-5-14-28-17/h5-6,14,16,18-19H,2-4,7-13,15H2,1H3,(H,23,24). The van der Waals surface area contributed by atoms with Gasteiger partial charge in [0, 0.05) is 56.7 Å². The van der Waals surface area contributed by atoms with Gasteiger partial charge in [-0.15, -0.1) is 0 Å². The smallest absolute Gasteiger partial charge is 0.289 e. The van der Waals surface area contributed by atoms with E-state index in [4.69, 9.17) is 14.1 Å². The molecule has 1 N–H and O–H groups in total. The van der Waals surface area contributed by atoms with Gasteiger partial charge >= 0.3 is 0 Å². The maximum atomic E-state index is 12.5. The van der Waals surface area contributed by atoms with Crippen LogP contribution in [-0.4, -0.2) is 73.1 Å². The quantitative estimate of drug-likeness (QED) is 0.623. The number of hydrogen-bond donors (Lipinski definition) is 1. The number of aliphatic imine (C=N–C) groups is 1. The Balaban J connectivity index is 1.25. The summed E-state index contributed by atoms with van der Waals surface area (Å²) in [6, 6.07) is 3.97. The Kier molecular flexibility index (Phi) is 5.02. The second-order valence-electron chi connectivity index (χ2n) is 8.86. The van der Waals surface area contributed by atoms with Crippen LogP contribution in [0.2, 0.25) is 0 Å². The SMILES string of the molecule is CCN=C(NC1C2CCOC2C12CCCC2)N1CCN(C(=O)c2ccco2)CC1. The van der Waals surface area contributed by atoms with Crippen molar-refractivity contribution in [3.05, 3.63) is 24.2 Å². The van der Waals surface area contributed by atoms with Crippen molar-refractivity contribution >= 4 is 11.9 Å². The zero-order chi connectivity index (χ0) is 19.8. The fourth-order valence-electron chi connectivity index (χ4n) is 6.11. The molecule has 29 heavy (non-hydrogen) atoms. The summed E-state index contributed by atoms with van der Waals surface area (Å²) in [6.07, 6.45) is 8.35. The van der Waals surface area contributed by atoms with Crippen molar-refractivity contribution in [2.45, 2.75) is 51.2 Å². The van der Waals surface area contributed by atoms with Gasteiger partial charge in [0.25, 0.3) is 5.91 Å². The molecule has 3 heterocycles. The van der Waals surface area contributed by atoms with E-state index in [1.54, 1.807) is 18.4 Å². The number of nitrogens with one attached hydrogen (secondary N) is 1. The molecule has 0 radical (unpaired) electrons. The third-order valence-corrected chi connectivity index (χ3v) is 7.48. The van der Waals surface area contributed by atoms with Crippen molar-refractivity contribution in [1.29, 1.82) is 0 Å². The molecule has 4 fully saturated rings. The van der Waals surface area contributed by atoms with Gasteiger partial charge in [-0.2, -0.15) is 0 Å². The van der Waals surface area contributed by atoms with Crippen LogP contribution >= 0.6 is 0 Å². The molecule has 2 aliphatic heterocycles. The predicted octanol–water partition coefficient (Wildman–Crippen LogP) is 2.35. The Morgan fingerprint density at radius 3 is 2.69 bits per heavy atom. The summed E-state index contributed by atoms with van der Waals surface area (Å²) < 4.78 is 11.4. The van der Waals surface area contributed by atoms with Gasteiger partial charge in [-0.05, 0) is 38.3 Å². The molecule has 2 saturated heterocycles. The van der Waals surface area contributed by atoms with Crippen LogP contribution in [0.1, 0.15) is 49.6 Å². The van der Waals surface area contributed by atoms with Crippen molar-refractivity contribution in [1.82, 2.24) is 15.1 Å². The van der Waals surface area contributed by atoms with E-state index in [0.717, 1.165) is 38.6 Å². The molecular formula is C22H32N4O3. The average molecular weight is 401 g/mol. The van der Waals surface area contributed by atoms with Gasteiger partial charge in [-0.1, -0.05) is 12.8 Å². The number of nitrogens with zero attached hydrogens (tertiary/aromatic N) is 3. The Labute approximate surface area is 172 Å². The minimum Gasteiger partial charge on any atom is -0.459 e. The highest BCUT2D eigenvalue weighted by Crippen LogP contribution is 2.60. The van der Waals surface area contributed by atoms with E-state index in [9.17, 15) is 4.79 Å². The van der Waals surface area contributed by atoms with Crippen LogP contribution in [0.25, 0.3) is 0 Å².